The van der Waals surface area contributed by atoms with Gasteiger partial charge >= 0.3 is 0 Å². The second-order valence-corrected chi connectivity index (χ2v) is 5.08. The van der Waals surface area contributed by atoms with Gasteiger partial charge in [0.05, 0.1) is 0 Å². The van der Waals surface area contributed by atoms with Crippen molar-refractivity contribution >= 4 is 8.58 Å². The molecule has 1 aliphatic heterocycles. The van der Waals surface area contributed by atoms with E-state index in [1.54, 1.807) is 0 Å². The third kappa shape index (κ3) is 5.67. The van der Waals surface area contributed by atoms with Crippen LogP contribution in [0.5, 0.6) is 0 Å². The molecule has 0 spiro atoms. The zero-order chi connectivity index (χ0) is 7.78. The van der Waals surface area contributed by atoms with Crippen LogP contribution in [0.4, 0.5) is 0 Å². The highest BCUT2D eigenvalue weighted by atomic mass is 31.1. The molecule has 1 saturated heterocycles. The van der Waals surface area contributed by atoms with Gasteiger partial charge in [-0.25, -0.2) is 0 Å². The van der Waals surface area contributed by atoms with Crippen molar-refractivity contribution in [3.8, 4) is 0 Å². The summed E-state index contributed by atoms with van der Waals surface area (Å²) in [7, 11) is 1.28. The van der Waals surface area contributed by atoms with Gasteiger partial charge in [-0.2, -0.15) is 0 Å². The molecule has 0 aromatic carbocycles. The zero-order valence-electron chi connectivity index (χ0n) is 7.57. The first-order valence-corrected chi connectivity index (χ1v) is 6.62. The molecule has 0 radical (unpaired) electrons. The highest BCUT2D eigenvalue weighted by Crippen LogP contribution is 2.19. The molecule has 0 N–H and O–H groups in total. The summed E-state index contributed by atoms with van der Waals surface area (Å²) in [6.45, 7) is 0. The van der Waals surface area contributed by atoms with Crippen LogP contribution in [0.15, 0.2) is 0 Å². The lowest BCUT2D eigenvalue weighted by Gasteiger charge is -1.98. The molecule has 1 aliphatic rings. The molecule has 1 heterocycles. The molecule has 0 saturated carbocycles. The molecular formula is C10H21P. The van der Waals surface area contributed by atoms with Crippen molar-refractivity contribution in [2.45, 2.75) is 51.4 Å². The van der Waals surface area contributed by atoms with Crippen LogP contribution >= 0.6 is 8.58 Å². The Balaban J connectivity index is 2.02. The maximum atomic E-state index is 1.53. The summed E-state index contributed by atoms with van der Waals surface area (Å²) in [4.78, 5) is 0. The van der Waals surface area contributed by atoms with E-state index in [1.807, 2.05) is 0 Å². The first-order valence-electron chi connectivity index (χ1n) is 5.21. The third-order valence-electron chi connectivity index (χ3n) is 2.46. The number of hydrogen-bond donors (Lipinski definition) is 0. The second kappa shape index (κ2) is 7.10. The first kappa shape index (κ1) is 9.52. The Morgan fingerprint density at radius 1 is 0.455 bits per heavy atom. The molecule has 0 aromatic heterocycles. The summed E-state index contributed by atoms with van der Waals surface area (Å²) >= 11 is 0. The fraction of sp³-hybridized carbons (Fsp3) is 1.00. The number of rotatable bonds is 0. The maximum Gasteiger partial charge on any atom is -0.0353 e. The third-order valence-corrected chi connectivity index (χ3v) is 3.87. The second-order valence-electron chi connectivity index (χ2n) is 3.58. The highest BCUT2D eigenvalue weighted by molar-refractivity contribution is 7.37. The van der Waals surface area contributed by atoms with Crippen LogP contribution in [0.1, 0.15) is 51.4 Å². The van der Waals surface area contributed by atoms with Gasteiger partial charge in [0, 0.05) is 0 Å². The van der Waals surface area contributed by atoms with Crippen LogP contribution in [-0.2, 0) is 0 Å². The van der Waals surface area contributed by atoms with E-state index < -0.39 is 0 Å². The minimum atomic E-state index is 1.28. The van der Waals surface area contributed by atoms with Crippen molar-refractivity contribution in [1.29, 1.82) is 0 Å². The lowest BCUT2D eigenvalue weighted by molar-refractivity contribution is 0.591. The highest BCUT2D eigenvalue weighted by Gasteiger charge is 1.95. The SMILES string of the molecule is C1CCCCCPCCCC1. The lowest BCUT2D eigenvalue weighted by atomic mass is 10.1. The van der Waals surface area contributed by atoms with Gasteiger partial charge in [-0.1, -0.05) is 38.5 Å². The normalized spacial score (nSPS) is 24.0. The first-order chi connectivity index (χ1) is 5.50. The van der Waals surface area contributed by atoms with Crippen LogP contribution in [-0.4, -0.2) is 12.3 Å². The Bertz CT molecular complexity index is 42.9. The van der Waals surface area contributed by atoms with E-state index in [1.165, 1.54) is 72.3 Å². The van der Waals surface area contributed by atoms with E-state index >= 15 is 0 Å². The van der Waals surface area contributed by atoms with Gasteiger partial charge in [-0.05, 0) is 25.2 Å². The van der Waals surface area contributed by atoms with E-state index in [-0.39, 0.29) is 0 Å². The molecule has 0 aliphatic carbocycles. The summed E-state index contributed by atoms with van der Waals surface area (Å²) in [5.74, 6) is 0. The Kier molecular flexibility index (Phi) is 6.14. The standard InChI is InChI=1S/C10H21P/c1-2-4-6-8-10-11-9-7-5-3-1/h11H,1-10H2. The molecule has 0 amide bonds. The molecular weight excluding hydrogens is 151 g/mol. The lowest BCUT2D eigenvalue weighted by Crippen LogP contribution is -1.80. The quantitative estimate of drug-likeness (QED) is 0.487. The Labute approximate surface area is 72.9 Å². The topological polar surface area (TPSA) is 0 Å². The van der Waals surface area contributed by atoms with Crippen LogP contribution < -0.4 is 0 Å². The molecule has 0 aromatic rings. The van der Waals surface area contributed by atoms with Gasteiger partial charge in [0.15, 0.2) is 0 Å². The van der Waals surface area contributed by atoms with Gasteiger partial charge in [-0.3, -0.25) is 0 Å². The fourth-order valence-electron chi connectivity index (χ4n) is 1.69. The smallest absolute Gasteiger partial charge is 0.0353 e. The van der Waals surface area contributed by atoms with Crippen molar-refractivity contribution in [2.24, 2.45) is 0 Å². The molecule has 1 fully saturated rings. The Morgan fingerprint density at radius 3 is 1.27 bits per heavy atom. The van der Waals surface area contributed by atoms with E-state index in [4.69, 9.17) is 0 Å². The van der Waals surface area contributed by atoms with Crippen molar-refractivity contribution in [3.05, 3.63) is 0 Å². The maximum absolute atomic E-state index is 1.53. The van der Waals surface area contributed by atoms with Gasteiger partial charge in [0.1, 0.15) is 0 Å². The van der Waals surface area contributed by atoms with E-state index in [9.17, 15) is 0 Å². The number of hydrogen-bond acceptors (Lipinski definition) is 0. The zero-order valence-corrected chi connectivity index (χ0v) is 8.57. The van der Waals surface area contributed by atoms with E-state index in [0.717, 1.165) is 0 Å². The summed E-state index contributed by atoms with van der Waals surface area (Å²) in [5, 5.41) is 0. The molecule has 66 valence electrons. The van der Waals surface area contributed by atoms with Gasteiger partial charge in [0.2, 0.25) is 0 Å². The molecule has 0 atom stereocenters. The fourth-order valence-corrected chi connectivity index (χ4v) is 2.94. The molecule has 1 heteroatoms. The van der Waals surface area contributed by atoms with Crippen LogP contribution in [0.2, 0.25) is 0 Å². The van der Waals surface area contributed by atoms with Crippen molar-refractivity contribution in [3.63, 3.8) is 0 Å². The summed E-state index contributed by atoms with van der Waals surface area (Å²) in [6.07, 6.45) is 15.1. The Morgan fingerprint density at radius 2 is 0.818 bits per heavy atom. The van der Waals surface area contributed by atoms with Crippen LogP contribution in [0, 0.1) is 0 Å². The van der Waals surface area contributed by atoms with Crippen molar-refractivity contribution in [2.75, 3.05) is 12.3 Å². The van der Waals surface area contributed by atoms with E-state index in [2.05, 4.69) is 0 Å². The monoisotopic (exact) mass is 172 g/mol. The van der Waals surface area contributed by atoms with E-state index in [0.29, 0.717) is 0 Å². The summed E-state index contributed by atoms with van der Waals surface area (Å²) in [6, 6.07) is 0. The van der Waals surface area contributed by atoms with Crippen LogP contribution in [0.3, 0.4) is 0 Å². The summed E-state index contributed by atoms with van der Waals surface area (Å²) in [5.41, 5.74) is 0. The minimum absolute atomic E-state index is 1.28. The van der Waals surface area contributed by atoms with Gasteiger partial charge in [0.25, 0.3) is 0 Å². The molecule has 1 rings (SSSR count). The average molecular weight is 172 g/mol. The summed E-state index contributed by atoms with van der Waals surface area (Å²) < 4.78 is 0. The largest absolute Gasteiger partial charge is 0.122 e. The van der Waals surface area contributed by atoms with Gasteiger partial charge in [-0.15, -0.1) is 8.58 Å². The van der Waals surface area contributed by atoms with Crippen molar-refractivity contribution < 1.29 is 0 Å². The average Bonchev–Trinajstić information content (AvgIpc) is 2.08. The predicted octanol–water partition coefficient (Wildman–Crippen LogP) is 3.80. The van der Waals surface area contributed by atoms with Gasteiger partial charge < -0.3 is 0 Å². The Hall–Kier alpha value is 0.430. The van der Waals surface area contributed by atoms with Crippen molar-refractivity contribution in [1.82, 2.24) is 0 Å². The molecule has 0 nitrogen and oxygen atoms in total. The van der Waals surface area contributed by atoms with Crippen LogP contribution in [0.25, 0.3) is 0 Å². The predicted molar refractivity (Wildman–Crippen MR) is 55.0 cm³/mol. The molecule has 0 bridgehead atoms. The molecule has 0 unspecified atom stereocenters. The molecule has 11 heavy (non-hydrogen) atoms. The minimum Gasteiger partial charge on any atom is -0.122 e.